The number of anilines is 1. The monoisotopic (exact) mass is 227 g/mol. The van der Waals surface area contributed by atoms with Crippen LogP contribution in [-0.4, -0.2) is 21.9 Å². The molecular weight excluding hydrogens is 214 g/mol. The van der Waals surface area contributed by atoms with Gasteiger partial charge in [0.25, 0.3) is 0 Å². The maximum atomic E-state index is 11.2. The Bertz CT molecular complexity index is 373. The number of amides is 1. The maximum absolute atomic E-state index is 11.2. The minimum Gasteiger partial charge on any atom is -0.300 e. The van der Waals surface area contributed by atoms with Crippen molar-refractivity contribution in [3.63, 3.8) is 0 Å². The molecular formula is C9H13N3O2S. The molecule has 0 fully saturated rings. The van der Waals surface area contributed by atoms with Gasteiger partial charge in [-0.15, -0.1) is 10.2 Å². The van der Waals surface area contributed by atoms with Gasteiger partial charge in [-0.25, -0.2) is 0 Å². The Morgan fingerprint density at radius 1 is 1.40 bits per heavy atom. The normalized spacial score (nSPS) is 10.4. The Morgan fingerprint density at radius 2 is 2.07 bits per heavy atom. The molecule has 5 nitrogen and oxygen atoms in total. The van der Waals surface area contributed by atoms with Gasteiger partial charge in [-0.1, -0.05) is 25.2 Å². The molecule has 82 valence electrons. The number of hydrogen-bond donors (Lipinski definition) is 1. The van der Waals surface area contributed by atoms with Gasteiger partial charge in [-0.2, -0.15) is 0 Å². The van der Waals surface area contributed by atoms with Crippen molar-refractivity contribution in [2.75, 3.05) is 5.32 Å². The molecule has 0 aromatic carbocycles. The van der Waals surface area contributed by atoms with Crippen molar-refractivity contribution in [1.82, 2.24) is 10.2 Å². The Hall–Kier alpha value is -1.30. The number of nitrogens with zero attached hydrogens (tertiary/aromatic N) is 2. The number of carbonyl (C=O) groups excluding carboxylic acids is 2. The van der Waals surface area contributed by atoms with Crippen molar-refractivity contribution >= 4 is 28.2 Å². The van der Waals surface area contributed by atoms with E-state index < -0.39 is 0 Å². The Balaban J connectivity index is 2.57. The van der Waals surface area contributed by atoms with E-state index in [4.69, 9.17) is 0 Å². The summed E-state index contributed by atoms with van der Waals surface area (Å²) in [4.78, 5) is 21.9. The molecule has 1 N–H and O–H groups in total. The number of hydrogen-bond acceptors (Lipinski definition) is 5. The average Bonchev–Trinajstić information content (AvgIpc) is 2.50. The predicted molar refractivity (Wildman–Crippen MR) is 57.9 cm³/mol. The smallest absolute Gasteiger partial charge is 0.233 e. The number of rotatable bonds is 4. The van der Waals surface area contributed by atoms with Gasteiger partial charge in [0.2, 0.25) is 11.0 Å². The maximum Gasteiger partial charge on any atom is 0.233 e. The van der Waals surface area contributed by atoms with Crippen LogP contribution in [0.25, 0.3) is 0 Å². The van der Waals surface area contributed by atoms with E-state index in [1.807, 2.05) is 13.8 Å². The van der Waals surface area contributed by atoms with Gasteiger partial charge >= 0.3 is 0 Å². The van der Waals surface area contributed by atoms with E-state index in [1.54, 1.807) is 0 Å². The lowest BCUT2D eigenvalue weighted by molar-refractivity contribution is -0.124. The second-order valence-corrected chi connectivity index (χ2v) is 4.54. The standard InChI is InChI=1S/C9H13N3O2S/c1-5(2)8-11-12-9(15-8)10-7(14)4-6(3)13/h5H,4H2,1-3H3,(H,10,12,14). The molecule has 0 bridgehead atoms. The molecule has 0 aliphatic heterocycles. The van der Waals surface area contributed by atoms with Crippen molar-refractivity contribution in [3.05, 3.63) is 5.01 Å². The van der Waals surface area contributed by atoms with E-state index >= 15 is 0 Å². The fourth-order valence-electron chi connectivity index (χ4n) is 0.908. The van der Waals surface area contributed by atoms with E-state index in [2.05, 4.69) is 15.5 Å². The predicted octanol–water partition coefficient (Wildman–Crippen LogP) is 1.58. The Kier molecular flexibility index (Phi) is 3.90. The third-order valence-corrected chi connectivity index (χ3v) is 2.73. The molecule has 0 unspecified atom stereocenters. The molecule has 1 aromatic rings. The van der Waals surface area contributed by atoms with Crippen molar-refractivity contribution in [3.8, 4) is 0 Å². The van der Waals surface area contributed by atoms with Crippen LogP contribution in [0.15, 0.2) is 0 Å². The minimum absolute atomic E-state index is 0.114. The van der Waals surface area contributed by atoms with E-state index in [0.29, 0.717) is 11.0 Å². The lowest BCUT2D eigenvalue weighted by Crippen LogP contribution is -2.14. The number of aromatic nitrogens is 2. The van der Waals surface area contributed by atoms with Crippen LogP contribution in [0.5, 0.6) is 0 Å². The van der Waals surface area contributed by atoms with Gasteiger partial charge in [0, 0.05) is 5.92 Å². The summed E-state index contributed by atoms with van der Waals surface area (Å²) in [5, 5.41) is 11.6. The number of ketones is 1. The SMILES string of the molecule is CC(=O)CC(=O)Nc1nnc(C(C)C)s1. The van der Waals surface area contributed by atoms with Gasteiger partial charge in [0.05, 0.1) is 6.42 Å². The number of carbonyl (C=O) groups is 2. The van der Waals surface area contributed by atoms with Gasteiger partial charge < -0.3 is 5.32 Å². The van der Waals surface area contributed by atoms with Crippen LogP contribution in [0.1, 0.15) is 38.1 Å². The van der Waals surface area contributed by atoms with Crippen LogP contribution in [-0.2, 0) is 9.59 Å². The van der Waals surface area contributed by atoms with E-state index in [1.165, 1.54) is 18.3 Å². The fourth-order valence-corrected chi connectivity index (χ4v) is 1.67. The van der Waals surface area contributed by atoms with Crippen molar-refractivity contribution in [2.24, 2.45) is 0 Å². The highest BCUT2D eigenvalue weighted by atomic mass is 32.1. The summed E-state index contributed by atoms with van der Waals surface area (Å²) in [5.74, 6) is -0.212. The summed E-state index contributed by atoms with van der Waals surface area (Å²) in [6.45, 7) is 5.38. The van der Waals surface area contributed by atoms with E-state index in [9.17, 15) is 9.59 Å². The lowest BCUT2D eigenvalue weighted by Gasteiger charge is -1.97. The summed E-state index contributed by atoms with van der Waals surface area (Å²) in [6, 6.07) is 0. The molecule has 0 spiro atoms. The molecule has 0 saturated heterocycles. The molecule has 1 amide bonds. The van der Waals surface area contributed by atoms with Gasteiger partial charge in [0.15, 0.2) is 0 Å². The quantitative estimate of drug-likeness (QED) is 0.793. The molecule has 0 aliphatic rings. The third-order valence-electron chi connectivity index (χ3n) is 1.59. The van der Waals surface area contributed by atoms with Crippen molar-refractivity contribution in [1.29, 1.82) is 0 Å². The second-order valence-electron chi connectivity index (χ2n) is 3.53. The molecule has 0 saturated carbocycles. The molecule has 0 radical (unpaired) electrons. The summed E-state index contributed by atoms with van der Waals surface area (Å²) in [6.07, 6.45) is -0.114. The van der Waals surface area contributed by atoms with Crippen LogP contribution in [0.3, 0.4) is 0 Å². The highest BCUT2D eigenvalue weighted by molar-refractivity contribution is 7.15. The van der Waals surface area contributed by atoms with Crippen LogP contribution in [0.4, 0.5) is 5.13 Å². The second kappa shape index (κ2) is 4.97. The Morgan fingerprint density at radius 3 is 2.53 bits per heavy atom. The summed E-state index contributed by atoms with van der Waals surface area (Å²) >= 11 is 1.33. The van der Waals surface area contributed by atoms with Crippen LogP contribution in [0.2, 0.25) is 0 Å². The first kappa shape index (κ1) is 11.8. The minimum atomic E-state index is -0.339. The van der Waals surface area contributed by atoms with Crippen molar-refractivity contribution in [2.45, 2.75) is 33.1 Å². The van der Waals surface area contributed by atoms with Crippen LogP contribution < -0.4 is 5.32 Å². The highest BCUT2D eigenvalue weighted by Gasteiger charge is 2.11. The molecule has 1 heterocycles. The zero-order valence-electron chi connectivity index (χ0n) is 8.90. The van der Waals surface area contributed by atoms with Crippen LogP contribution in [0, 0.1) is 0 Å². The molecule has 15 heavy (non-hydrogen) atoms. The number of nitrogens with one attached hydrogen (secondary N) is 1. The van der Waals surface area contributed by atoms with Gasteiger partial charge in [-0.05, 0) is 6.92 Å². The van der Waals surface area contributed by atoms with Gasteiger partial charge in [-0.3, -0.25) is 9.59 Å². The summed E-state index contributed by atoms with van der Waals surface area (Å²) < 4.78 is 0. The molecule has 1 aromatic heterocycles. The average molecular weight is 227 g/mol. The zero-order chi connectivity index (χ0) is 11.4. The highest BCUT2D eigenvalue weighted by Crippen LogP contribution is 2.22. The van der Waals surface area contributed by atoms with Gasteiger partial charge in [0.1, 0.15) is 10.8 Å². The summed E-state index contributed by atoms with van der Waals surface area (Å²) in [5.41, 5.74) is 0. The largest absolute Gasteiger partial charge is 0.300 e. The summed E-state index contributed by atoms with van der Waals surface area (Å²) in [7, 11) is 0. The first-order valence-electron chi connectivity index (χ1n) is 4.61. The van der Waals surface area contributed by atoms with Crippen LogP contribution >= 0.6 is 11.3 Å². The number of Topliss-reactive ketones (excluding diaryl/α,β-unsaturated/α-hetero) is 1. The third kappa shape index (κ3) is 3.75. The molecule has 1 rings (SSSR count). The molecule has 0 aliphatic carbocycles. The van der Waals surface area contributed by atoms with Crippen molar-refractivity contribution < 1.29 is 9.59 Å². The van der Waals surface area contributed by atoms with E-state index in [-0.39, 0.29) is 18.1 Å². The molecule has 0 atom stereocenters. The molecule has 6 heteroatoms. The Labute approximate surface area is 91.9 Å². The first-order chi connectivity index (χ1) is 6.99. The topological polar surface area (TPSA) is 72.0 Å². The van der Waals surface area contributed by atoms with E-state index in [0.717, 1.165) is 5.01 Å². The zero-order valence-corrected chi connectivity index (χ0v) is 9.72. The first-order valence-corrected chi connectivity index (χ1v) is 5.43. The fraction of sp³-hybridized carbons (Fsp3) is 0.556. The lowest BCUT2D eigenvalue weighted by atomic mass is 10.2.